The van der Waals surface area contributed by atoms with Crippen LogP contribution in [0.2, 0.25) is 0 Å². The van der Waals surface area contributed by atoms with E-state index in [0.29, 0.717) is 18.4 Å². The molecular weight excluding hydrogens is 474 g/mol. The lowest BCUT2D eigenvalue weighted by Crippen LogP contribution is -2.57. The van der Waals surface area contributed by atoms with Crippen molar-refractivity contribution in [1.29, 1.82) is 0 Å². The topological polar surface area (TPSA) is 137 Å². The number of methoxy groups -OCH3 is 2. The van der Waals surface area contributed by atoms with E-state index in [2.05, 4.69) is 15.4 Å². The first-order chi connectivity index (χ1) is 16.3. The van der Waals surface area contributed by atoms with Gasteiger partial charge in [0, 0.05) is 5.56 Å². The second kappa shape index (κ2) is 14.7. The number of carbonyl (C=O) groups excluding carboxylic acids is 4. The Hall–Kier alpha value is -2.65. The van der Waals surface area contributed by atoms with E-state index < -0.39 is 17.0 Å². The van der Waals surface area contributed by atoms with Gasteiger partial charge in [-0.05, 0) is 37.8 Å². The lowest BCUT2D eigenvalue weighted by Gasteiger charge is -2.35. The summed E-state index contributed by atoms with van der Waals surface area (Å²) in [5, 5.41) is 5.32. The Bertz CT molecular complexity index is 837. The Kier molecular flexibility index (Phi) is 12.7. The SMILES string of the molecule is COC(=O)C1(N)CCCCC1.COC(=O)C1(NC(=O)CNC(=O)c2ccccc2)CCCCC1.Cl. The number of hydrogen-bond acceptors (Lipinski definition) is 7. The van der Waals surface area contributed by atoms with Crippen molar-refractivity contribution in [3.8, 4) is 0 Å². The monoisotopic (exact) mass is 511 g/mol. The van der Waals surface area contributed by atoms with Gasteiger partial charge < -0.3 is 25.8 Å². The van der Waals surface area contributed by atoms with Crippen molar-refractivity contribution in [2.24, 2.45) is 5.73 Å². The van der Waals surface area contributed by atoms with Crippen LogP contribution in [0, 0.1) is 0 Å². The molecule has 196 valence electrons. The van der Waals surface area contributed by atoms with Gasteiger partial charge >= 0.3 is 11.9 Å². The second-order valence-electron chi connectivity index (χ2n) is 8.94. The third-order valence-electron chi connectivity index (χ3n) is 6.45. The molecule has 2 fully saturated rings. The predicted octanol–water partition coefficient (Wildman–Crippen LogP) is 2.65. The molecule has 2 aliphatic rings. The van der Waals surface area contributed by atoms with E-state index in [1.807, 2.05) is 6.07 Å². The number of hydrogen-bond donors (Lipinski definition) is 3. The van der Waals surface area contributed by atoms with Crippen molar-refractivity contribution in [3.05, 3.63) is 35.9 Å². The Morgan fingerprint density at radius 1 is 0.829 bits per heavy atom. The highest BCUT2D eigenvalue weighted by molar-refractivity contribution is 5.97. The number of amides is 2. The second-order valence-corrected chi connectivity index (χ2v) is 8.94. The van der Waals surface area contributed by atoms with Crippen LogP contribution in [0.5, 0.6) is 0 Å². The first-order valence-corrected chi connectivity index (χ1v) is 11.9. The molecule has 0 saturated heterocycles. The maximum absolute atomic E-state index is 12.1. The number of carbonyl (C=O) groups is 4. The molecule has 9 nitrogen and oxygen atoms in total. The van der Waals surface area contributed by atoms with Gasteiger partial charge in [-0.1, -0.05) is 56.7 Å². The van der Waals surface area contributed by atoms with Crippen molar-refractivity contribution >= 4 is 36.2 Å². The molecule has 0 radical (unpaired) electrons. The molecule has 1 aromatic carbocycles. The summed E-state index contributed by atoms with van der Waals surface area (Å²) in [5.41, 5.74) is 4.69. The van der Waals surface area contributed by atoms with Gasteiger partial charge in [0.25, 0.3) is 5.91 Å². The molecule has 4 N–H and O–H groups in total. The Balaban J connectivity index is 0.000000430. The summed E-state index contributed by atoms with van der Waals surface area (Å²) in [5.74, 6) is -1.38. The molecule has 0 bridgehead atoms. The highest BCUT2D eigenvalue weighted by Gasteiger charge is 2.42. The number of benzene rings is 1. The van der Waals surface area contributed by atoms with Crippen molar-refractivity contribution in [2.75, 3.05) is 20.8 Å². The van der Waals surface area contributed by atoms with Crippen LogP contribution >= 0.6 is 12.4 Å². The smallest absolute Gasteiger partial charge is 0.331 e. The molecule has 2 amide bonds. The standard InChI is InChI=1S/C17H22N2O4.C8H15NO2.ClH/c1-23-16(22)17(10-6-3-7-11-17)19-14(20)12-18-15(21)13-8-4-2-5-9-13;1-11-7(10)8(9)5-3-2-4-6-8;/h2,4-5,8-9H,3,6-7,10-12H2,1H3,(H,18,21)(H,19,20);2-6,9H2,1H3;1H. The summed E-state index contributed by atoms with van der Waals surface area (Å²) in [4.78, 5) is 47.3. The molecule has 10 heteroatoms. The summed E-state index contributed by atoms with van der Waals surface area (Å²) in [6, 6.07) is 8.66. The van der Waals surface area contributed by atoms with E-state index in [9.17, 15) is 19.2 Å². The molecular formula is C25H38ClN3O6. The largest absolute Gasteiger partial charge is 0.468 e. The van der Waals surface area contributed by atoms with Crippen LogP contribution in [-0.4, -0.2) is 55.6 Å². The minimum absolute atomic E-state index is 0. The van der Waals surface area contributed by atoms with Crippen molar-refractivity contribution in [2.45, 2.75) is 75.3 Å². The van der Waals surface area contributed by atoms with Gasteiger partial charge in [-0.2, -0.15) is 0 Å². The van der Waals surface area contributed by atoms with Crippen LogP contribution in [0.4, 0.5) is 0 Å². The Labute approximate surface area is 213 Å². The van der Waals surface area contributed by atoms with Crippen molar-refractivity contribution < 1.29 is 28.7 Å². The normalized spacial score (nSPS) is 17.8. The summed E-state index contributed by atoms with van der Waals surface area (Å²) < 4.78 is 9.48. The number of halogens is 1. The van der Waals surface area contributed by atoms with Crippen molar-refractivity contribution in [3.63, 3.8) is 0 Å². The van der Waals surface area contributed by atoms with Crippen LogP contribution in [0.1, 0.15) is 74.6 Å². The van der Waals surface area contributed by atoms with Gasteiger partial charge in [-0.15, -0.1) is 12.4 Å². The molecule has 2 aliphatic carbocycles. The third-order valence-corrected chi connectivity index (χ3v) is 6.45. The summed E-state index contributed by atoms with van der Waals surface area (Å²) in [7, 11) is 2.72. The number of ether oxygens (including phenoxy) is 2. The van der Waals surface area contributed by atoms with Gasteiger partial charge in [0.15, 0.2) is 0 Å². The zero-order chi connectivity index (χ0) is 25.0. The zero-order valence-corrected chi connectivity index (χ0v) is 21.4. The first-order valence-electron chi connectivity index (χ1n) is 11.9. The molecule has 35 heavy (non-hydrogen) atoms. The van der Waals surface area contributed by atoms with Gasteiger partial charge in [0.05, 0.1) is 20.8 Å². The average molecular weight is 512 g/mol. The number of esters is 2. The predicted molar refractivity (Wildman–Crippen MR) is 134 cm³/mol. The van der Waals surface area contributed by atoms with E-state index in [-0.39, 0.29) is 36.7 Å². The van der Waals surface area contributed by atoms with E-state index >= 15 is 0 Å². The molecule has 0 spiro atoms. The van der Waals surface area contributed by atoms with E-state index in [0.717, 1.165) is 44.9 Å². The van der Waals surface area contributed by atoms with Gasteiger partial charge in [-0.3, -0.25) is 14.4 Å². The number of nitrogens with two attached hydrogens (primary N) is 1. The maximum Gasteiger partial charge on any atom is 0.331 e. The lowest BCUT2D eigenvalue weighted by atomic mass is 9.81. The minimum atomic E-state index is -0.957. The van der Waals surface area contributed by atoms with Crippen LogP contribution in [0.3, 0.4) is 0 Å². The van der Waals surface area contributed by atoms with Crippen LogP contribution in [0.15, 0.2) is 30.3 Å². The lowest BCUT2D eigenvalue weighted by molar-refractivity contribution is -0.152. The third kappa shape index (κ3) is 8.81. The van der Waals surface area contributed by atoms with Crippen LogP contribution < -0.4 is 16.4 Å². The summed E-state index contributed by atoms with van der Waals surface area (Å²) in [6.07, 6.45) is 8.75. The fourth-order valence-electron chi connectivity index (χ4n) is 4.48. The molecule has 0 aliphatic heterocycles. The van der Waals surface area contributed by atoms with Gasteiger partial charge in [-0.25, -0.2) is 4.79 Å². The molecule has 0 heterocycles. The zero-order valence-electron chi connectivity index (χ0n) is 20.6. The number of nitrogens with one attached hydrogen (secondary N) is 2. The number of rotatable bonds is 6. The fourth-order valence-corrected chi connectivity index (χ4v) is 4.48. The molecule has 0 aromatic heterocycles. The first kappa shape index (κ1) is 30.4. The molecule has 3 rings (SSSR count). The summed E-state index contributed by atoms with van der Waals surface area (Å²) >= 11 is 0. The summed E-state index contributed by atoms with van der Waals surface area (Å²) in [6.45, 7) is -0.174. The molecule has 2 saturated carbocycles. The molecule has 1 aromatic rings. The van der Waals surface area contributed by atoms with Crippen LogP contribution in [-0.2, 0) is 23.9 Å². The van der Waals surface area contributed by atoms with E-state index in [1.165, 1.54) is 20.6 Å². The highest BCUT2D eigenvalue weighted by atomic mass is 35.5. The Morgan fingerprint density at radius 3 is 1.86 bits per heavy atom. The average Bonchev–Trinajstić information content (AvgIpc) is 2.88. The molecule has 0 unspecified atom stereocenters. The van der Waals surface area contributed by atoms with Gasteiger partial charge in [0.1, 0.15) is 11.1 Å². The van der Waals surface area contributed by atoms with E-state index in [1.54, 1.807) is 24.3 Å². The van der Waals surface area contributed by atoms with E-state index in [4.69, 9.17) is 10.5 Å². The molecule has 0 atom stereocenters. The minimum Gasteiger partial charge on any atom is -0.468 e. The highest BCUT2D eigenvalue weighted by Crippen LogP contribution is 2.29. The fraction of sp³-hybridized carbons (Fsp3) is 0.600. The van der Waals surface area contributed by atoms with Crippen LogP contribution in [0.25, 0.3) is 0 Å². The Morgan fingerprint density at radius 2 is 1.34 bits per heavy atom. The quantitative estimate of drug-likeness (QED) is 0.499. The van der Waals surface area contributed by atoms with Crippen molar-refractivity contribution in [1.82, 2.24) is 10.6 Å². The van der Waals surface area contributed by atoms with Gasteiger partial charge in [0.2, 0.25) is 5.91 Å². The maximum atomic E-state index is 12.1.